The molecule has 0 bridgehead atoms. The summed E-state index contributed by atoms with van der Waals surface area (Å²) in [5.74, 6) is 2.56. The van der Waals surface area contributed by atoms with Crippen LogP contribution >= 0.6 is 0 Å². The molecule has 1 aliphatic heterocycles. The molecule has 6 nitrogen and oxygen atoms in total. The van der Waals surface area contributed by atoms with Crippen molar-refractivity contribution in [2.75, 3.05) is 6.61 Å². The molecule has 32 heavy (non-hydrogen) atoms. The first-order valence-corrected chi connectivity index (χ1v) is 12.8. The molecule has 4 aliphatic carbocycles. The van der Waals surface area contributed by atoms with Crippen LogP contribution in [0.5, 0.6) is 0 Å². The predicted octanol–water partition coefficient (Wildman–Crippen LogP) is 2.77. The van der Waals surface area contributed by atoms with E-state index in [0.717, 1.165) is 32.1 Å². The summed E-state index contributed by atoms with van der Waals surface area (Å²) in [5, 5.41) is 40.3. The van der Waals surface area contributed by atoms with E-state index in [1.165, 1.54) is 24.8 Å². The fraction of sp³-hybridized carbons (Fsp3) is 0.923. The molecular weight excluding hydrogens is 408 g/mol. The van der Waals surface area contributed by atoms with Crippen molar-refractivity contribution in [3.63, 3.8) is 0 Å². The molecule has 0 aromatic carbocycles. The molecule has 5 aliphatic rings. The highest BCUT2D eigenvalue weighted by Gasteiger charge is 2.59. The van der Waals surface area contributed by atoms with Gasteiger partial charge in [-0.15, -0.1) is 0 Å². The molecular formula is C26H42O6. The topological polar surface area (TPSA) is 99.4 Å². The van der Waals surface area contributed by atoms with Crippen LogP contribution in [0.1, 0.15) is 72.1 Å². The van der Waals surface area contributed by atoms with Gasteiger partial charge in [0.1, 0.15) is 18.3 Å². The first-order valence-electron chi connectivity index (χ1n) is 12.8. The standard InChI is InChI=1S/C26H42O6/c1-14(27)18-6-7-19-17-5-4-15-12-16(32-24-23(30)22(29)21(28)13-31-24)8-10-25(15,2)20(17)9-11-26(18,19)3/h4,14,16-24,27-30H,5-13H2,1-3H3. The summed E-state index contributed by atoms with van der Waals surface area (Å²) in [4.78, 5) is 0. The van der Waals surface area contributed by atoms with Gasteiger partial charge < -0.3 is 29.9 Å². The van der Waals surface area contributed by atoms with Gasteiger partial charge in [-0.3, -0.25) is 0 Å². The van der Waals surface area contributed by atoms with Gasteiger partial charge in [-0.1, -0.05) is 25.5 Å². The van der Waals surface area contributed by atoms with E-state index in [-0.39, 0.29) is 29.6 Å². The van der Waals surface area contributed by atoms with Crippen LogP contribution in [-0.2, 0) is 9.47 Å². The summed E-state index contributed by atoms with van der Waals surface area (Å²) in [5.41, 5.74) is 1.97. The lowest BCUT2D eigenvalue weighted by Gasteiger charge is -2.58. The summed E-state index contributed by atoms with van der Waals surface area (Å²) in [6.45, 7) is 6.87. The van der Waals surface area contributed by atoms with Gasteiger partial charge in [0.2, 0.25) is 0 Å². The quantitative estimate of drug-likeness (QED) is 0.494. The van der Waals surface area contributed by atoms with Gasteiger partial charge in [0.15, 0.2) is 6.29 Å². The van der Waals surface area contributed by atoms with Crippen molar-refractivity contribution in [1.82, 2.24) is 0 Å². The van der Waals surface area contributed by atoms with Crippen LogP contribution < -0.4 is 0 Å². The molecule has 12 unspecified atom stereocenters. The molecule has 0 radical (unpaired) electrons. The molecule has 6 heteroatoms. The van der Waals surface area contributed by atoms with Crippen molar-refractivity contribution in [1.29, 1.82) is 0 Å². The normalized spacial score (nSPS) is 54.2. The van der Waals surface area contributed by atoms with E-state index in [9.17, 15) is 20.4 Å². The van der Waals surface area contributed by atoms with E-state index in [1.807, 2.05) is 6.92 Å². The van der Waals surface area contributed by atoms with Crippen LogP contribution in [0.25, 0.3) is 0 Å². The second kappa shape index (κ2) is 8.31. The van der Waals surface area contributed by atoms with Crippen molar-refractivity contribution in [3.05, 3.63) is 11.6 Å². The Balaban J connectivity index is 1.29. The van der Waals surface area contributed by atoms with Crippen LogP contribution in [0.3, 0.4) is 0 Å². The Kier molecular flexibility index (Phi) is 6.04. The van der Waals surface area contributed by atoms with Crippen LogP contribution in [0.2, 0.25) is 0 Å². The Labute approximate surface area is 192 Å². The third-order valence-corrected chi connectivity index (χ3v) is 10.5. The zero-order valence-corrected chi connectivity index (χ0v) is 19.8. The molecule has 1 saturated heterocycles. The molecule has 0 aromatic rings. The summed E-state index contributed by atoms with van der Waals surface area (Å²) in [6.07, 6.45) is 6.67. The van der Waals surface area contributed by atoms with E-state index < -0.39 is 24.6 Å². The number of aliphatic hydroxyl groups is 4. The number of aliphatic hydroxyl groups excluding tert-OH is 4. The molecule has 182 valence electrons. The van der Waals surface area contributed by atoms with Crippen LogP contribution in [0.4, 0.5) is 0 Å². The Hall–Kier alpha value is -0.500. The van der Waals surface area contributed by atoms with Gasteiger partial charge in [-0.05, 0) is 92.8 Å². The van der Waals surface area contributed by atoms with Crippen LogP contribution in [-0.4, -0.2) is 63.8 Å². The highest BCUT2D eigenvalue weighted by molar-refractivity contribution is 5.25. The minimum absolute atomic E-state index is 0.0204. The van der Waals surface area contributed by atoms with Crippen LogP contribution in [0, 0.1) is 34.5 Å². The average Bonchev–Trinajstić information content (AvgIpc) is 3.12. The highest BCUT2D eigenvalue weighted by Crippen LogP contribution is 2.66. The Morgan fingerprint density at radius 2 is 1.81 bits per heavy atom. The Morgan fingerprint density at radius 1 is 1.03 bits per heavy atom. The van der Waals surface area contributed by atoms with E-state index in [4.69, 9.17) is 9.47 Å². The van der Waals surface area contributed by atoms with E-state index in [0.29, 0.717) is 23.7 Å². The number of ether oxygens (including phenoxy) is 2. The van der Waals surface area contributed by atoms with Crippen molar-refractivity contribution in [3.8, 4) is 0 Å². The second-order valence-corrected chi connectivity index (χ2v) is 12.0. The Morgan fingerprint density at radius 3 is 2.56 bits per heavy atom. The molecule has 12 atom stereocenters. The molecule has 1 heterocycles. The third kappa shape index (κ3) is 3.52. The molecule has 0 amide bonds. The maximum absolute atomic E-state index is 10.4. The summed E-state index contributed by atoms with van der Waals surface area (Å²) >= 11 is 0. The monoisotopic (exact) mass is 450 g/mol. The average molecular weight is 451 g/mol. The zero-order valence-electron chi connectivity index (χ0n) is 19.8. The van der Waals surface area contributed by atoms with E-state index in [2.05, 4.69) is 19.9 Å². The number of fused-ring (bicyclic) bond motifs is 5. The third-order valence-electron chi connectivity index (χ3n) is 10.5. The summed E-state index contributed by atoms with van der Waals surface area (Å²) in [7, 11) is 0. The van der Waals surface area contributed by atoms with Crippen molar-refractivity contribution >= 4 is 0 Å². The van der Waals surface area contributed by atoms with Gasteiger partial charge in [0, 0.05) is 0 Å². The largest absolute Gasteiger partial charge is 0.393 e. The Bertz CT molecular complexity index is 738. The van der Waals surface area contributed by atoms with Gasteiger partial charge in [0.25, 0.3) is 0 Å². The second-order valence-electron chi connectivity index (χ2n) is 12.0. The molecule has 5 rings (SSSR count). The first-order chi connectivity index (χ1) is 15.1. The smallest absolute Gasteiger partial charge is 0.186 e. The van der Waals surface area contributed by atoms with Crippen molar-refractivity contribution < 1.29 is 29.9 Å². The summed E-state index contributed by atoms with van der Waals surface area (Å²) in [6, 6.07) is 0. The molecule has 0 aromatic heterocycles. The fourth-order valence-corrected chi connectivity index (χ4v) is 8.67. The lowest BCUT2D eigenvalue weighted by Crippen LogP contribution is -2.55. The van der Waals surface area contributed by atoms with E-state index in [1.54, 1.807) is 0 Å². The van der Waals surface area contributed by atoms with Gasteiger partial charge in [-0.2, -0.15) is 0 Å². The maximum atomic E-state index is 10.4. The minimum Gasteiger partial charge on any atom is -0.393 e. The SMILES string of the molecule is CC(O)C1CCC2C3CC=C4CC(OC5OCC(O)C(O)C5O)CCC4(C)C3CCC12C. The first kappa shape index (κ1) is 23.3. The number of rotatable bonds is 3. The molecule has 4 N–H and O–H groups in total. The number of hydrogen-bond donors (Lipinski definition) is 4. The van der Waals surface area contributed by atoms with Crippen molar-refractivity contribution in [2.24, 2.45) is 34.5 Å². The number of allylic oxidation sites excluding steroid dienone is 1. The molecule has 4 fully saturated rings. The molecule has 3 saturated carbocycles. The van der Waals surface area contributed by atoms with Crippen molar-refractivity contribution in [2.45, 2.75) is 109 Å². The van der Waals surface area contributed by atoms with Gasteiger partial charge in [0.05, 0.1) is 18.8 Å². The lowest BCUT2D eigenvalue weighted by atomic mass is 9.47. The summed E-state index contributed by atoms with van der Waals surface area (Å²) < 4.78 is 11.6. The van der Waals surface area contributed by atoms with Crippen LogP contribution in [0.15, 0.2) is 11.6 Å². The fourth-order valence-electron chi connectivity index (χ4n) is 8.67. The maximum Gasteiger partial charge on any atom is 0.186 e. The van der Waals surface area contributed by atoms with Gasteiger partial charge in [-0.25, -0.2) is 0 Å². The zero-order chi connectivity index (χ0) is 22.8. The molecule has 0 spiro atoms. The lowest BCUT2D eigenvalue weighted by molar-refractivity contribution is -0.284. The van der Waals surface area contributed by atoms with E-state index >= 15 is 0 Å². The van der Waals surface area contributed by atoms with Gasteiger partial charge >= 0.3 is 0 Å². The minimum atomic E-state index is -1.23. The predicted molar refractivity (Wildman–Crippen MR) is 120 cm³/mol. The highest BCUT2D eigenvalue weighted by atomic mass is 16.7. The number of hydrogen-bond acceptors (Lipinski definition) is 6.